The summed E-state index contributed by atoms with van der Waals surface area (Å²) in [4.78, 5) is 6.93. The van der Waals surface area contributed by atoms with Crippen molar-refractivity contribution < 1.29 is 9.63 Å². The highest BCUT2D eigenvalue weighted by Crippen LogP contribution is 2.31. The fraction of sp³-hybridized carbons (Fsp3) is 0.875. The van der Waals surface area contributed by atoms with Crippen LogP contribution in [0, 0.1) is 0 Å². The molecule has 2 unspecified atom stereocenters. The van der Waals surface area contributed by atoms with E-state index in [4.69, 9.17) is 4.52 Å². The smallest absolute Gasteiger partial charge is 0.229 e. The quantitative estimate of drug-likeness (QED) is 0.925. The molecule has 3 rings (SSSR count). The largest absolute Gasteiger partial charge is 0.392 e. The van der Waals surface area contributed by atoms with E-state index in [1.807, 2.05) is 6.92 Å². The van der Waals surface area contributed by atoms with Crippen LogP contribution in [0.2, 0.25) is 0 Å². The van der Waals surface area contributed by atoms with Crippen LogP contribution >= 0.6 is 0 Å². The van der Waals surface area contributed by atoms with Gasteiger partial charge in [0.1, 0.15) is 0 Å². The SMILES string of the molecule is CC(O)C1CCCCN1Cc1noc(C2CCCCC2)n1. The molecule has 2 fully saturated rings. The Kier molecular flexibility index (Phi) is 4.91. The highest BCUT2D eigenvalue weighted by Gasteiger charge is 2.28. The third-order valence-electron chi connectivity index (χ3n) is 5.00. The second kappa shape index (κ2) is 6.88. The lowest BCUT2D eigenvalue weighted by Crippen LogP contribution is -2.45. The van der Waals surface area contributed by atoms with Gasteiger partial charge in [-0.25, -0.2) is 0 Å². The Morgan fingerprint density at radius 1 is 1.19 bits per heavy atom. The van der Waals surface area contributed by atoms with Crippen LogP contribution < -0.4 is 0 Å². The van der Waals surface area contributed by atoms with Crippen molar-refractivity contribution in [1.82, 2.24) is 15.0 Å². The number of nitrogens with zero attached hydrogens (tertiary/aromatic N) is 3. The number of hydrogen-bond donors (Lipinski definition) is 1. The summed E-state index contributed by atoms with van der Waals surface area (Å²) in [6, 6.07) is 0.232. The third kappa shape index (κ3) is 3.64. The molecule has 2 aliphatic rings. The normalized spacial score (nSPS) is 26.9. The lowest BCUT2D eigenvalue weighted by molar-refractivity contribution is 0.0298. The van der Waals surface area contributed by atoms with Gasteiger partial charge in [-0.2, -0.15) is 4.98 Å². The molecule has 2 heterocycles. The summed E-state index contributed by atoms with van der Waals surface area (Å²) in [7, 11) is 0. The van der Waals surface area contributed by atoms with E-state index < -0.39 is 0 Å². The number of rotatable bonds is 4. The summed E-state index contributed by atoms with van der Waals surface area (Å²) in [6.07, 6.45) is 9.41. The number of piperidine rings is 1. The van der Waals surface area contributed by atoms with Gasteiger partial charge in [-0.15, -0.1) is 0 Å². The average molecular weight is 293 g/mol. The molecular weight excluding hydrogens is 266 g/mol. The van der Waals surface area contributed by atoms with Gasteiger partial charge >= 0.3 is 0 Å². The van der Waals surface area contributed by atoms with Crippen LogP contribution in [0.15, 0.2) is 4.52 Å². The molecular formula is C16H27N3O2. The molecule has 118 valence electrons. The minimum atomic E-state index is -0.296. The van der Waals surface area contributed by atoms with E-state index in [-0.39, 0.29) is 12.1 Å². The van der Waals surface area contributed by atoms with Crippen LogP contribution in [-0.4, -0.2) is 38.8 Å². The second-order valence-electron chi connectivity index (χ2n) is 6.66. The van der Waals surface area contributed by atoms with Crippen LogP contribution in [0.3, 0.4) is 0 Å². The Bertz CT molecular complexity index is 440. The van der Waals surface area contributed by atoms with Crippen molar-refractivity contribution in [2.75, 3.05) is 6.54 Å². The van der Waals surface area contributed by atoms with Gasteiger partial charge in [0.15, 0.2) is 5.82 Å². The van der Waals surface area contributed by atoms with Gasteiger partial charge in [0.2, 0.25) is 5.89 Å². The van der Waals surface area contributed by atoms with Crippen molar-refractivity contribution in [3.8, 4) is 0 Å². The van der Waals surface area contributed by atoms with Gasteiger partial charge < -0.3 is 9.63 Å². The second-order valence-corrected chi connectivity index (χ2v) is 6.66. The lowest BCUT2D eigenvalue weighted by Gasteiger charge is -2.36. The van der Waals surface area contributed by atoms with Crippen molar-refractivity contribution in [3.63, 3.8) is 0 Å². The number of aromatic nitrogens is 2. The topological polar surface area (TPSA) is 62.4 Å². The van der Waals surface area contributed by atoms with Gasteiger partial charge in [0.05, 0.1) is 12.6 Å². The maximum atomic E-state index is 9.93. The number of likely N-dealkylation sites (tertiary alicyclic amines) is 1. The van der Waals surface area contributed by atoms with E-state index in [9.17, 15) is 5.11 Å². The first-order valence-electron chi connectivity index (χ1n) is 8.48. The summed E-state index contributed by atoms with van der Waals surface area (Å²) in [6.45, 7) is 3.60. The highest BCUT2D eigenvalue weighted by molar-refractivity contribution is 4.96. The summed E-state index contributed by atoms with van der Waals surface area (Å²) in [5.74, 6) is 2.08. The third-order valence-corrected chi connectivity index (χ3v) is 5.00. The van der Waals surface area contributed by atoms with E-state index in [0.29, 0.717) is 12.5 Å². The van der Waals surface area contributed by atoms with Gasteiger partial charge in [0, 0.05) is 12.0 Å². The molecule has 0 spiro atoms. The molecule has 1 aromatic rings. The lowest BCUT2D eigenvalue weighted by atomic mass is 9.89. The molecule has 1 N–H and O–H groups in total. The molecule has 5 nitrogen and oxygen atoms in total. The molecule has 2 atom stereocenters. The summed E-state index contributed by atoms with van der Waals surface area (Å²) in [5.41, 5.74) is 0. The monoisotopic (exact) mass is 293 g/mol. The average Bonchev–Trinajstić information content (AvgIpc) is 2.97. The van der Waals surface area contributed by atoms with Crippen molar-refractivity contribution in [2.45, 2.75) is 82.9 Å². The van der Waals surface area contributed by atoms with E-state index in [1.165, 1.54) is 44.9 Å². The molecule has 1 saturated carbocycles. The fourth-order valence-corrected chi connectivity index (χ4v) is 3.79. The zero-order chi connectivity index (χ0) is 14.7. The minimum Gasteiger partial charge on any atom is -0.392 e. The van der Waals surface area contributed by atoms with Crippen LogP contribution in [0.5, 0.6) is 0 Å². The Labute approximate surface area is 126 Å². The van der Waals surface area contributed by atoms with Gasteiger partial charge in [-0.3, -0.25) is 4.90 Å². The number of hydrogen-bond acceptors (Lipinski definition) is 5. The molecule has 5 heteroatoms. The summed E-state index contributed by atoms with van der Waals surface area (Å²) >= 11 is 0. The first kappa shape index (κ1) is 15.0. The van der Waals surface area contributed by atoms with Gasteiger partial charge in [0.25, 0.3) is 0 Å². The van der Waals surface area contributed by atoms with E-state index in [2.05, 4.69) is 15.0 Å². The Hall–Kier alpha value is -0.940. The van der Waals surface area contributed by atoms with Crippen molar-refractivity contribution in [3.05, 3.63) is 11.7 Å². The Morgan fingerprint density at radius 2 is 1.95 bits per heavy atom. The van der Waals surface area contributed by atoms with Crippen molar-refractivity contribution in [2.24, 2.45) is 0 Å². The molecule has 1 saturated heterocycles. The van der Waals surface area contributed by atoms with Crippen LogP contribution in [0.25, 0.3) is 0 Å². The van der Waals surface area contributed by atoms with Crippen molar-refractivity contribution >= 4 is 0 Å². The molecule has 0 bridgehead atoms. The zero-order valence-corrected chi connectivity index (χ0v) is 13.0. The molecule has 1 aromatic heterocycles. The summed E-state index contributed by atoms with van der Waals surface area (Å²) < 4.78 is 5.49. The van der Waals surface area contributed by atoms with E-state index >= 15 is 0 Å². The molecule has 0 amide bonds. The Balaban J connectivity index is 1.63. The molecule has 0 aromatic carbocycles. The maximum absolute atomic E-state index is 9.93. The van der Waals surface area contributed by atoms with Crippen LogP contribution in [0.1, 0.15) is 75.9 Å². The molecule has 0 radical (unpaired) electrons. The first-order chi connectivity index (χ1) is 10.2. The Morgan fingerprint density at radius 3 is 2.71 bits per heavy atom. The maximum Gasteiger partial charge on any atom is 0.229 e. The standard InChI is InChI=1S/C16H27N3O2/c1-12(20)14-9-5-6-10-19(14)11-15-17-16(21-18-15)13-7-3-2-4-8-13/h12-14,20H,2-11H2,1H3. The highest BCUT2D eigenvalue weighted by atomic mass is 16.5. The van der Waals surface area contributed by atoms with Gasteiger partial charge in [-0.05, 0) is 39.2 Å². The molecule has 1 aliphatic heterocycles. The van der Waals surface area contributed by atoms with Crippen LogP contribution in [0.4, 0.5) is 0 Å². The van der Waals surface area contributed by atoms with Crippen LogP contribution in [-0.2, 0) is 6.54 Å². The first-order valence-corrected chi connectivity index (χ1v) is 8.48. The minimum absolute atomic E-state index is 0.232. The molecule has 1 aliphatic carbocycles. The predicted octanol–water partition coefficient (Wildman–Crippen LogP) is 2.85. The predicted molar refractivity (Wildman–Crippen MR) is 79.9 cm³/mol. The zero-order valence-electron chi connectivity index (χ0n) is 13.0. The number of aliphatic hydroxyl groups excluding tert-OH is 1. The fourth-order valence-electron chi connectivity index (χ4n) is 3.79. The number of aliphatic hydroxyl groups is 1. The van der Waals surface area contributed by atoms with Crippen molar-refractivity contribution in [1.29, 1.82) is 0 Å². The van der Waals surface area contributed by atoms with E-state index in [1.54, 1.807) is 0 Å². The summed E-state index contributed by atoms with van der Waals surface area (Å²) in [5, 5.41) is 14.1. The molecule has 21 heavy (non-hydrogen) atoms. The van der Waals surface area contributed by atoms with Gasteiger partial charge in [-0.1, -0.05) is 30.8 Å². The van der Waals surface area contributed by atoms with E-state index in [0.717, 1.165) is 24.7 Å².